The van der Waals surface area contributed by atoms with Crippen LogP contribution in [0.1, 0.15) is 13.8 Å². The van der Waals surface area contributed by atoms with Crippen LogP contribution in [0.3, 0.4) is 0 Å². The van der Waals surface area contributed by atoms with Crippen molar-refractivity contribution in [1.82, 2.24) is 14.9 Å². The van der Waals surface area contributed by atoms with Crippen molar-refractivity contribution in [3.05, 3.63) is 51.6 Å². The summed E-state index contributed by atoms with van der Waals surface area (Å²) in [5.41, 5.74) is 0.0868. The molecule has 3 rings (SSSR count). The second kappa shape index (κ2) is 7.55. The normalized spacial score (nSPS) is 11.3. The molecule has 0 saturated carbocycles. The van der Waals surface area contributed by atoms with Gasteiger partial charge in [0.2, 0.25) is 5.91 Å². The average molecular weight is 395 g/mol. The molecule has 5 nitrogen and oxygen atoms in total. The number of halogens is 2. The molecule has 3 aromatic rings. The first kappa shape index (κ1) is 18.5. The molecular formula is C17H15F2N3O2S2. The zero-order valence-electron chi connectivity index (χ0n) is 14.0. The van der Waals surface area contributed by atoms with Gasteiger partial charge in [0.15, 0.2) is 5.16 Å². The molecule has 0 unspecified atom stereocenters. The van der Waals surface area contributed by atoms with Gasteiger partial charge < -0.3 is 5.32 Å². The van der Waals surface area contributed by atoms with Gasteiger partial charge in [-0.1, -0.05) is 11.8 Å². The maximum atomic E-state index is 13.6. The fourth-order valence-corrected chi connectivity index (χ4v) is 3.96. The predicted molar refractivity (Wildman–Crippen MR) is 99.1 cm³/mol. The molecule has 0 aliphatic rings. The van der Waals surface area contributed by atoms with E-state index in [2.05, 4.69) is 10.3 Å². The number of aromatic nitrogens is 2. The third kappa shape index (κ3) is 3.94. The number of nitrogens with one attached hydrogen (secondary N) is 1. The molecule has 0 bridgehead atoms. The number of carbonyl (C=O) groups excluding carboxylic acids is 1. The van der Waals surface area contributed by atoms with E-state index in [1.165, 1.54) is 11.3 Å². The summed E-state index contributed by atoms with van der Waals surface area (Å²) in [5, 5.41) is 4.66. The number of hydrogen-bond donors (Lipinski definition) is 1. The van der Waals surface area contributed by atoms with E-state index < -0.39 is 17.2 Å². The zero-order valence-corrected chi connectivity index (χ0v) is 15.6. The molecule has 26 heavy (non-hydrogen) atoms. The molecule has 0 fully saturated rings. The minimum atomic E-state index is -0.799. The lowest BCUT2D eigenvalue weighted by atomic mass is 10.3. The van der Waals surface area contributed by atoms with Gasteiger partial charge in [-0.05, 0) is 37.4 Å². The maximum absolute atomic E-state index is 13.6. The molecule has 2 aromatic heterocycles. The van der Waals surface area contributed by atoms with Crippen LogP contribution in [0.15, 0.2) is 39.6 Å². The number of nitrogens with zero attached hydrogens (tertiary/aromatic N) is 2. The number of amides is 1. The van der Waals surface area contributed by atoms with Crippen LogP contribution >= 0.6 is 23.1 Å². The molecule has 0 spiro atoms. The van der Waals surface area contributed by atoms with Crippen molar-refractivity contribution in [2.45, 2.75) is 25.0 Å². The van der Waals surface area contributed by atoms with Gasteiger partial charge in [0.05, 0.1) is 17.0 Å². The summed E-state index contributed by atoms with van der Waals surface area (Å²) in [5.74, 6) is -1.79. The first-order valence-electron chi connectivity index (χ1n) is 7.74. The van der Waals surface area contributed by atoms with E-state index in [4.69, 9.17) is 0 Å². The third-order valence-corrected chi connectivity index (χ3v) is 5.17. The first-order chi connectivity index (χ1) is 12.3. The van der Waals surface area contributed by atoms with Crippen LogP contribution in [0.5, 0.6) is 0 Å². The smallest absolute Gasteiger partial charge is 0.276 e. The number of hydrogen-bond acceptors (Lipinski definition) is 5. The van der Waals surface area contributed by atoms with Gasteiger partial charge >= 0.3 is 0 Å². The Morgan fingerprint density at radius 3 is 2.65 bits per heavy atom. The molecule has 0 radical (unpaired) electrons. The Labute approximate surface area is 156 Å². The Kier molecular flexibility index (Phi) is 5.38. The standard InChI is InChI=1S/C17H15F2N3O2S2/c1-9(2)20-14(23)8-26-17-21-13-3-4-25-15(13)16(24)22(17)12-6-10(18)5-11(19)7-12/h3-7,9H,8H2,1-2H3,(H,20,23). The van der Waals surface area contributed by atoms with Gasteiger partial charge in [0.25, 0.3) is 5.56 Å². The van der Waals surface area contributed by atoms with Crippen LogP contribution in [0.2, 0.25) is 0 Å². The Bertz CT molecular complexity index is 1010. The molecule has 1 N–H and O–H groups in total. The fourth-order valence-electron chi connectivity index (χ4n) is 2.38. The number of carbonyl (C=O) groups is 1. The molecule has 1 amide bonds. The van der Waals surface area contributed by atoms with Crippen molar-refractivity contribution in [2.75, 3.05) is 5.75 Å². The van der Waals surface area contributed by atoms with Crippen molar-refractivity contribution >= 4 is 39.2 Å². The summed E-state index contributed by atoms with van der Waals surface area (Å²) < 4.78 is 28.8. The van der Waals surface area contributed by atoms with Crippen LogP contribution in [-0.2, 0) is 4.79 Å². The number of thiophene rings is 1. The van der Waals surface area contributed by atoms with Crippen molar-refractivity contribution < 1.29 is 13.6 Å². The van der Waals surface area contributed by atoms with E-state index >= 15 is 0 Å². The van der Waals surface area contributed by atoms with Crippen LogP contribution in [-0.4, -0.2) is 27.3 Å². The van der Waals surface area contributed by atoms with Gasteiger partial charge in [-0.3, -0.25) is 14.2 Å². The van der Waals surface area contributed by atoms with Crippen molar-refractivity contribution in [2.24, 2.45) is 0 Å². The van der Waals surface area contributed by atoms with Crippen LogP contribution < -0.4 is 10.9 Å². The Morgan fingerprint density at radius 1 is 1.31 bits per heavy atom. The van der Waals surface area contributed by atoms with Gasteiger partial charge in [-0.2, -0.15) is 0 Å². The summed E-state index contributed by atoms with van der Waals surface area (Å²) in [6.45, 7) is 3.67. The van der Waals surface area contributed by atoms with Crippen LogP contribution in [0.4, 0.5) is 8.78 Å². The Morgan fingerprint density at radius 2 is 2.00 bits per heavy atom. The lowest BCUT2D eigenvalue weighted by Gasteiger charge is -2.13. The molecule has 0 atom stereocenters. The Hall–Kier alpha value is -2.26. The van der Waals surface area contributed by atoms with Gasteiger partial charge in [0.1, 0.15) is 16.3 Å². The summed E-state index contributed by atoms with van der Waals surface area (Å²) in [6.07, 6.45) is 0. The van der Waals surface area contributed by atoms with E-state index in [1.54, 1.807) is 11.4 Å². The second-order valence-electron chi connectivity index (χ2n) is 5.81. The van der Waals surface area contributed by atoms with E-state index in [0.717, 1.165) is 34.5 Å². The summed E-state index contributed by atoms with van der Waals surface area (Å²) in [6, 6.07) is 4.52. The minimum Gasteiger partial charge on any atom is -0.353 e. The van der Waals surface area contributed by atoms with Gasteiger partial charge in [0, 0.05) is 12.1 Å². The summed E-state index contributed by atoms with van der Waals surface area (Å²) in [4.78, 5) is 29.1. The zero-order chi connectivity index (χ0) is 18.8. The lowest BCUT2D eigenvalue weighted by Crippen LogP contribution is -2.32. The largest absolute Gasteiger partial charge is 0.353 e. The van der Waals surface area contributed by atoms with Crippen LogP contribution in [0, 0.1) is 11.6 Å². The average Bonchev–Trinajstić information content (AvgIpc) is 3.00. The van der Waals surface area contributed by atoms with Crippen molar-refractivity contribution in [3.63, 3.8) is 0 Å². The molecule has 0 aliphatic heterocycles. The molecule has 136 valence electrons. The highest BCUT2D eigenvalue weighted by Crippen LogP contribution is 2.24. The van der Waals surface area contributed by atoms with Crippen LogP contribution in [0.25, 0.3) is 15.9 Å². The lowest BCUT2D eigenvalue weighted by molar-refractivity contribution is -0.119. The molecule has 9 heteroatoms. The fraction of sp³-hybridized carbons (Fsp3) is 0.235. The SMILES string of the molecule is CC(C)NC(=O)CSc1nc2ccsc2c(=O)n1-c1cc(F)cc(F)c1. The monoisotopic (exact) mass is 395 g/mol. The second-order valence-corrected chi connectivity index (χ2v) is 7.67. The molecule has 2 heterocycles. The molecule has 0 aliphatic carbocycles. The quantitative estimate of drug-likeness (QED) is 0.532. The number of benzene rings is 1. The highest BCUT2D eigenvalue weighted by atomic mass is 32.2. The van der Waals surface area contributed by atoms with Gasteiger partial charge in [-0.25, -0.2) is 13.8 Å². The summed E-state index contributed by atoms with van der Waals surface area (Å²) >= 11 is 2.24. The topological polar surface area (TPSA) is 64.0 Å². The van der Waals surface area contributed by atoms with E-state index in [1.807, 2.05) is 13.8 Å². The number of fused-ring (bicyclic) bond motifs is 1. The maximum Gasteiger partial charge on any atom is 0.276 e. The summed E-state index contributed by atoms with van der Waals surface area (Å²) in [7, 11) is 0. The third-order valence-electron chi connectivity index (χ3n) is 3.34. The minimum absolute atomic E-state index is 0.0186. The van der Waals surface area contributed by atoms with Crippen molar-refractivity contribution in [1.29, 1.82) is 0 Å². The molecular weight excluding hydrogens is 380 g/mol. The van der Waals surface area contributed by atoms with Crippen molar-refractivity contribution in [3.8, 4) is 5.69 Å². The van der Waals surface area contributed by atoms with E-state index in [0.29, 0.717) is 10.2 Å². The highest BCUT2D eigenvalue weighted by molar-refractivity contribution is 7.99. The van der Waals surface area contributed by atoms with E-state index in [-0.39, 0.29) is 28.5 Å². The Balaban J connectivity index is 2.08. The molecule has 1 aromatic carbocycles. The number of rotatable bonds is 5. The van der Waals surface area contributed by atoms with E-state index in [9.17, 15) is 18.4 Å². The van der Waals surface area contributed by atoms with Gasteiger partial charge in [-0.15, -0.1) is 11.3 Å². The highest BCUT2D eigenvalue weighted by Gasteiger charge is 2.17. The number of thioether (sulfide) groups is 1. The first-order valence-corrected chi connectivity index (χ1v) is 9.60. The predicted octanol–water partition coefficient (Wildman–Crippen LogP) is 3.34. The molecule has 0 saturated heterocycles.